The van der Waals surface area contributed by atoms with Crippen LogP contribution in [0.15, 0.2) is 18.2 Å². The molecule has 0 spiro atoms. The number of halogens is 1. The molecule has 0 aliphatic heterocycles. The number of benzene rings is 1. The van der Waals surface area contributed by atoms with Crippen molar-refractivity contribution in [3.05, 3.63) is 29.6 Å². The third-order valence-corrected chi connectivity index (χ3v) is 5.36. The highest BCUT2D eigenvalue weighted by Crippen LogP contribution is 2.21. The van der Waals surface area contributed by atoms with Crippen molar-refractivity contribution in [2.45, 2.75) is 12.7 Å². The molecule has 0 saturated carbocycles. The van der Waals surface area contributed by atoms with E-state index in [0.29, 0.717) is 11.3 Å². The van der Waals surface area contributed by atoms with Crippen LogP contribution in [0.1, 0.15) is 12.5 Å². The minimum Gasteiger partial charge on any atom is -0.496 e. The number of methoxy groups -OCH3 is 1. The summed E-state index contributed by atoms with van der Waals surface area (Å²) in [6.45, 7) is 1.74. The lowest BCUT2D eigenvalue weighted by Crippen LogP contribution is -2.18. The Morgan fingerprint density at radius 2 is 2.05 bits per heavy atom. The van der Waals surface area contributed by atoms with Gasteiger partial charge >= 0.3 is 0 Å². The highest BCUT2D eigenvalue weighted by Gasteiger charge is 2.15. The Hall–Kier alpha value is -0.950. The second-order valence-electron chi connectivity index (χ2n) is 4.90. The minimum absolute atomic E-state index is 0.000967. The number of hydrogen-bond acceptors (Lipinski definition) is 4. The van der Waals surface area contributed by atoms with E-state index in [1.54, 1.807) is 6.92 Å². The Bertz CT molecular complexity index is 584. The van der Waals surface area contributed by atoms with Gasteiger partial charge in [0.2, 0.25) is 0 Å². The minimum atomic E-state index is -3.08. The SMILES string of the molecule is COc1ccc(F)cc1CS(=O)CC(C)CS(C)(=O)=O. The molecule has 1 aromatic carbocycles. The highest BCUT2D eigenvalue weighted by atomic mass is 32.2. The van der Waals surface area contributed by atoms with Crippen LogP contribution in [-0.2, 0) is 26.4 Å². The van der Waals surface area contributed by atoms with Crippen molar-refractivity contribution in [2.24, 2.45) is 5.92 Å². The summed E-state index contributed by atoms with van der Waals surface area (Å²) < 4.78 is 52.6. The van der Waals surface area contributed by atoms with Gasteiger partial charge < -0.3 is 4.74 Å². The molecule has 0 heterocycles. The van der Waals surface area contributed by atoms with E-state index >= 15 is 0 Å². The third kappa shape index (κ3) is 6.00. The topological polar surface area (TPSA) is 60.4 Å². The number of hydrogen-bond donors (Lipinski definition) is 0. The average molecular weight is 322 g/mol. The maximum absolute atomic E-state index is 13.2. The van der Waals surface area contributed by atoms with E-state index in [4.69, 9.17) is 4.74 Å². The van der Waals surface area contributed by atoms with Gasteiger partial charge in [0.1, 0.15) is 21.4 Å². The van der Waals surface area contributed by atoms with Crippen molar-refractivity contribution < 1.29 is 21.8 Å². The first-order valence-electron chi connectivity index (χ1n) is 6.06. The van der Waals surface area contributed by atoms with E-state index in [0.717, 1.165) is 6.26 Å². The Morgan fingerprint density at radius 3 is 2.60 bits per heavy atom. The molecule has 1 rings (SSSR count). The quantitative estimate of drug-likeness (QED) is 0.767. The van der Waals surface area contributed by atoms with E-state index in [2.05, 4.69) is 0 Å². The van der Waals surface area contributed by atoms with Crippen LogP contribution in [0.3, 0.4) is 0 Å². The first-order chi connectivity index (χ1) is 9.21. The van der Waals surface area contributed by atoms with Crippen LogP contribution in [0, 0.1) is 11.7 Å². The maximum atomic E-state index is 13.2. The zero-order valence-electron chi connectivity index (χ0n) is 11.8. The van der Waals surface area contributed by atoms with Gasteiger partial charge in [0, 0.05) is 28.4 Å². The van der Waals surface area contributed by atoms with Gasteiger partial charge in [-0.2, -0.15) is 0 Å². The van der Waals surface area contributed by atoms with Crippen LogP contribution in [-0.4, -0.2) is 37.5 Å². The molecular formula is C13H19FO4S2. The molecule has 0 N–H and O–H groups in total. The van der Waals surface area contributed by atoms with Crippen molar-refractivity contribution in [2.75, 3.05) is 24.9 Å². The van der Waals surface area contributed by atoms with Crippen molar-refractivity contribution >= 4 is 20.6 Å². The Labute approximate surface area is 121 Å². The molecule has 0 aliphatic carbocycles. The molecule has 0 radical (unpaired) electrons. The summed E-state index contributed by atoms with van der Waals surface area (Å²) in [6.07, 6.45) is 1.15. The molecule has 0 fully saturated rings. The molecule has 0 aromatic heterocycles. The van der Waals surface area contributed by atoms with E-state index in [1.165, 1.54) is 25.3 Å². The van der Waals surface area contributed by atoms with Crippen LogP contribution < -0.4 is 4.74 Å². The van der Waals surface area contributed by atoms with Gasteiger partial charge in [-0.15, -0.1) is 0 Å². The highest BCUT2D eigenvalue weighted by molar-refractivity contribution is 7.90. The maximum Gasteiger partial charge on any atom is 0.147 e. The first-order valence-corrected chi connectivity index (χ1v) is 9.61. The summed E-state index contributed by atoms with van der Waals surface area (Å²) in [5.74, 6) is 0.267. The normalized spacial score (nSPS) is 14.8. The standard InChI is InChI=1S/C13H19FO4S2/c1-10(9-20(3,16)17)7-19(15)8-11-6-12(14)4-5-13(11)18-2/h4-6,10H,7-9H2,1-3H3. The van der Waals surface area contributed by atoms with Gasteiger partial charge in [-0.25, -0.2) is 12.8 Å². The summed E-state index contributed by atoms with van der Waals surface area (Å²) in [4.78, 5) is 0. The summed E-state index contributed by atoms with van der Waals surface area (Å²) in [5, 5.41) is 0. The number of rotatable bonds is 7. The van der Waals surface area contributed by atoms with Gasteiger partial charge in [-0.05, 0) is 24.1 Å². The zero-order chi connectivity index (χ0) is 15.3. The van der Waals surface area contributed by atoms with E-state index in [9.17, 15) is 17.0 Å². The molecule has 2 atom stereocenters. The summed E-state index contributed by atoms with van der Waals surface area (Å²) >= 11 is 0. The van der Waals surface area contributed by atoms with Gasteiger partial charge in [0.15, 0.2) is 0 Å². The van der Waals surface area contributed by atoms with Gasteiger partial charge in [0.05, 0.1) is 18.6 Å². The molecule has 0 amide bonds. The molecule has 4 nitrogen and oxygen atoms in total. The van der Waals surface area contributed by atoms with Crippen molar-refractivity contribution in [3.8, 4) is 5.75 Å². The predicted molar refractivity (Wildman–Crippen MR) is 78.5 cm³/mol. The molecule has 1 aromatic rings. The fourth-order valence-electron chi connectivity index (χ4n) is 1.97. The second-order valence-corrected chi connectivity index (χ2v) is 8.59. The van der Waals surface area contributed by atoms with Crippen LogP contribution >= 0.6 is 0 Å². The fourth-order valence-corrected chi connectivity index (χ4v) is 4.72. The molecule has 0 aliphatic rings. The summed E-state index contributed by atoms with van der Waals surface area (Å²) in [7, 11) is -2.88. The first kappa shape index (κ1) is 17.1. The Morgan fingerprint density at radius 1 is 1.40 bits per heavy atom. The van der Waals surface area contributed by atoms with E-state index in [-0.39, 0.29) is 23.2 Å². The van der Waals surface area contributed by atoms with Crippen LogP contribution in [0.25, 0.3) is 0 Å². The van der Waals surface area contributed by atoms with Gasteiger partial charge in [-0.3, -0.25) is 4.21 Å². The van der Waals surface area contributed by atoms with Crippen molar-refractivity contribution in [1.82, 2.24) is 0 Å². The Kier molecular flexibility index (Phi) is 6.13. The van der Waals surface area contributed by atoms with Gasteiger partial charge in [0.25, 0.3) is 0 Å². The molecular weight excluding hydrogens is 303 g/mol. The van der Waals surface area contributed by atoms with Crippen LogP contribution in [0.2, 0.25) is 0 Å². The Balaban J connectivity index is 2.69. The number of sulfone groups is 1. The van der Waals surface area contributed by atoms with Gasteiger partial charge in [-0.1, -0.05) is 6.92 Å². The van der Waals surface area contributed by atoms with E-state index < -0.39 is 26.5 Å². The van der Waals surface area contributed by atoms with Crippen LogP contribution in [0.4, 0.5) is 4.39 Å². The smallest absolute Gasteiger partial charge is 0.147 e. The summed E-state index contributed by atoms with van der Waals surface area (Å²) in [6, 6.07) is 4.05. The van der Waals surface area contributed by atoms with Crippen LogP contribution in [0.5, 0.6) is 5.75 Å². The summed E-state index contributed by atoms with van der Waals surface area (Å²) in [5.41, 5.74) is 0.525. The third-order valence-electron chi connectivity index (χ3n) is 2.62. The molecule has 0 saturated heterocycles. The molecule has 114 valence electrons. The monoisotopic (exact) mass is 322 g/mol. The molecule has 0 bridgehead atoms. The second kappa shape index (κ2) is 7.17. The average Bonchev–Trinajstić information content (AvgIpc) is 2.26. The lowest BCUT2D eigenvalue weighted by molar-refractivity contribution is 0.410. The number of ether oxygens (including phenoxy) is 1. The zero-order valence-corrected chi connectivity index (χ0v) is 13.4. The van der Waals surface area contributed by atoms with Crippen molar-refractivity contribution in [3.63, 3.8) is 0 Å². The molecule has 2 unspecified atom stereocenters. The van der Waals surface area contributed by atoms with Crippen molar-refractivity contribution in [1.29, 1.82) is 0 Å². The lowest BCUT2D eigenvalue weighted by Gasteiger charge is -2.12. The van der Waals surface area contributed by atoms with E-state index in [1.807, 2.05) is 0 Å². The fraction of sp³-hybridized carbons (Fsp3) is 0.538. The predicted octanol–water partition coefficient (Wildman–Crippen LogP) is 1.76. The molecule has 7 heteroatoms. The largest absolute Gasteiger partial charge is 0.496 e. The molecule has 20 heavy (non-hydrogen) atoms. The lowest BCUT2D eigenvalue weighted by atomic mass is 10.2.